The SMILES string of the molecule is CNCCOCCOCCOCCN1C=C(CN2CCS(=O)CC2)NN1. The molecule has 2 heterocycles. The van der Waals surface area contributed by atoms with Crippen molar-refractivity contribution in [3.05, 3.63) is 11.9 Å². The van der Waals surface area contributed by atoms with Crippen LogP contribution in [0.25, 0.3) is 0 Å². The fourth-order valence-electron chi connectivity index (χ4n) is 2.55. The van der Waals surface area contributed by atoms with Gasteiger partial charge in [0.1, 0.15) is 0 Å². The van der Waals surface area contributed by atoms with E-state index in [1.807, 2.05) is 12.1 Å². The minimum atomic E-state index is -0.626. The second kappa shape index (κ2) is 13.4. The molecular formula is C16H33N5O4S. The molecule has 2 aliphatic rings. The van der Waals surface area contributed by atoms with Crippen LogP contribution in [0.3, 0.4) is 0 Å². The lowest BCUT2D eigenvalue weighted by Crippen LogP contribution is -2.42. The second-order valence-electron chi connectivity index (χ2n) is 6.15. The number of likely N-dealkylation sites (N-methyl/N-ethyl adjacent to an activating group) is 1. The Kier molecular flexibility index (Phi) is 11.1. The minimum Gasteiger partial charge on any atom is -0.378 e. The van der Waals surface area contributed by atoms with E-state index < -0.39 is 10.8 Å². The summed E-state index contributed by atoms with van der Waals surface area (Å²) in [5, 5.41) is 5.00. The summed E-state index contributed by atoms with van der Waals surface area (Å²) >= 11 is 0. The standard InChI is InChI=1S/C16H33N5O4S/c1-17-2-6-23-8-10-25-11-9-24-7-3-21-15-16(18-19-21)14-20-4-12-26(22)13-5-20/h15,17-19H,2-14H2,1H3. The van der Waals surface area contributed by atoms with E-state index in [1.54, 1.807) is 0 Å². The van der Waals surface area contributed by atoms with Crippen LogP contribution in [0, 0.1) is 0 Å². The fraction of sp³-hybridized carbons (Fsp3) is 0.875. The Balaban J connectivity index is 1.42. The number of hydrazine groups is 2. The molecule has 0 radical (unpaired) electrons. The smallest absolute Gasteiger partial charge is 0.0701 e. The summed E-state index contributed by atoms with van der Waals surface area (Å²) < 4.78 is 27.8. The first-order chi connectivity index (χ1) is 12.8. The van der Waals surface area contributed by atoms with Crippen molar-refractivity contribution in [2.45, 2.75) is 0 Å². The van der Waals surface area contributed by atoms with Crippen LogP contribution in [0.2, 0.25) is 0 Å². The zero-order valence-corrected chi connectivity index (χ0v) is 16.5. The molecule has 26 heavy (non-hydrogen) atoms. The van der Waals surface area contributed by atoms with Crippen molar-refractivity contribution >= 4 is 10.8 Å². The second-order valence-corrected chi connectivity index (χ2v) is 7.85. The van der Waals surface area contributed by atoms with Gasteiger partial charge in [0.2, 0.25) is 0 Å². The molecule has 0 amide bonds. The summed E-state index contributed by atoms with van der Waals surface area (Å²) in [7, 11) is 1.28. The van der Waals surface area contributed by atoms with Gasteiger partial charge in [0, 0.05) is 54.7 Å². The molecule has 2 aliphatic heterocycles. The summed E-state index contributed by atoms with van der Waals surface area (Å²) in [5.74, 6) is 1.56. The predicted octanol–water partition coefficient (Wildman–Crippen LogP) is -1.51. The molecule has 1 saturated heterocycles. The van der Waals surface area contributed by atoms with Crippen molar-refractivity contribution < 1.29 is 18.4 Å². The van der Waals surface area contributed by atoms with Gasteiger partial charge < -0.3 is 25.0 Å². The molecule has 1 fully saturated rings. The van der Waals surface area contributed by atoms with Crippen LogP contribution in [-0.2, 0) is 25.0 Å². The number of nitrogens with zero attached hydrogens (tertiary/aromatic N) is 2. The monoisotopic (exact) mass is 391 g/mol. The molecule has 0 saturated carbocycles. The number of ether oxygens (including phenoxy) is 3. The van der Waals surface area contributed by atoms with Gasteiger partial charge in [-0.15, -0.1) is 5.53 Å². The summed E-state index contributed by atoms with van der Waals surface area (Å²) in [6, 6.07) is 0. The van der Waals surface area contributed by atoms with Crippen LogP contribution >= 0.6 is 0 Å². The summed E-state index contributed by atoms with van der Waals surface area (Å²) in [5.41, 5.74) is 7.41. The first kappa shape index (κ1) is 21.5. The van der Waals surface area contributed by atoms with Crippen LogP contribution in [0.1, 0.15) is 0 Å². The van der Waals surface area contributed by atoms with Crippen molar-refractivity contribution in [3.63, 3.8) is 0 Å². The third-order valence-corrected chi connectivity index (χ3v) is 5.33. The van der Waals surface area contributed by atoms with Crippen molar-refractivity contribution in [2.75, 3.05) is 90.9 Å². The fourth-order valence-corrected chi connectivity index (χ4v) is 3.68. The first-order valence-corrected chi connectivity index (χ1v) is 10.7. The summed E-state index contributed by atoms with van der Waals surface area (Å²) in [6.07, 6.45) is 2.06. The topological polar surface area (TPSA) is 87.3 Å². The quantitative estimate of drug-likeness (QED) is 0.306. The summed E-state index contributed by atoms with van der Waals surface area (Å²) in [6.45, 7) is 7.98. The van der Waals surface area contributed by atoms with Gasteiger partial charge in [0.25, 0.3) is 0 Å². The van der Waals surface area contributed by atoms with Gasteiger partial charge in [0.05, 0.1) is 51.9 Å². The van der Waals surface area contributed by atoms with E-state index in [1.165, 1.54) is 0 Å². The minimum absolute atomic E-state index is 0.582. The highest BCUT2D eigenvalue weighted by Gasteiger charge is 2.18. The van der Waals surface area contributed by atoms with Crippen molar-refractivity contribution in [2.24, 2.45) is 0 Å². The Hall–Kier alpha value is -0.750. The van der Waals surface area contributed by atoms with E-state index in [9.17, 15) is 4.21 Å². The van der Waals surface area contributed by atoms with Gasteiger partial charge in [-0.25, -0.2) is 0 Å². The highest BCUT2D eigenvalue weighted by molar-refractivity contribution is 7.85. The number of rotatable bonds is 14. The van der Waals surface area contributed by atoms with E-state index in [0.717, 1.165) is 49.9 Å². The van der Waals surface area contributed by atoms with Crippen molar-refractivity contribution in [1.82, 2.24) is 26.2 Å². The average Bonchev–Trinajstić information content (AvgIpc) is 3.09. The Labute approximate surface area is 158 Å². The van der Waals surface area contributed by atoms with Crippen LogP contribution in [0.4, 0.5) is 0 Å². The Morgan fingerprint density at radius 3 is 2.42 bits per heavy atom. The highest BCUT2D eigenvalue weighted by atomic mass is 32.2. The van der Waals surface area contributed by atoms with Gasteiger partial charge in [0.15, 0.2) is 0 Å². The van der Waals surface area contributed by atoms with E-state index in [2.05, 4.69) is 27.4 Å². The number of nitrogens with one attached hydrogen (secondary N) is 3. The van der Waals surface area contributed by atoms with Crippen LogP contribution in [0.15, 0.2) is 11.9 Å². The maximum absolute atomic E-state index is 11.4. The molecule has 2 rings (SSSR count). The average molecular weight is 392 g/mol. The number of hydrogen-bond donors (Lipinski definition) is 3. The third kappa shape index (κ3) is 9.26. The maximum Gasteiger partial charge on any atom is 0.0701 e. The lowest BCUT2D eigenvalue weighted by molar-refractivity contribution is 0.0114. The molecule has 0 aromatic heterocycles. The third-order valence-electron chi connectivity index (χ3n) is 4.05. The molecule has 3 N–H and O–H groups in total. The van der Waals surface area contributed by atoms with Crippen molar-refractivity contribution in [3.8, 4) is 0 Å². The Morgan fingerprint density at radius 2 is 1.73 bits per heavy atom. The van der Waals surface area contributed by atoms with Gasteiger partial charge in [-0.05, 0) is 7.05 Å². The van der Waals surface area contributed by atoms with Gasteiger partial charge >= 0.3 is 0 Å². The summed E-state index contributed by atoms with van der Waals surface area (Å²) in [4.78, 5) is 2.32. The number of hydrogen-bond acceptors (Lipinski definition) is 9. The molecule has 0 unspecified atom stereocenters. The largest absolute Gasteiger partial charge is 0.378 e. The van der Waals surface area contributed by atoms with E-state index in [-0.39, 0.29) is 0 Å². The molecule has 0 aliphatic carbocycles. The molecule has 0 aromatic carbocycles. The molecule has 0 atom stereocenters. The lowest BCUT2D eigenvalue weighted by atomic mass is 10.4. The lowest BCUT2D eigenvalue weighted by Gasteiger charge is -2.25. The van der Waals surface area contributed by atoms with Gasteiger partial charge in [-0.1, -0.05) is 0 Å². The molecule has 152 valence electrons. The van der Waals surface area contributed by atoms with E-state index in [0.29, 0.717) is 39.6 Å². The molecular weight excluding hydrogens is 358 g/mol. The molecule has 0 bridgehead atoms. The van der Waals surface area contributed by atoms with E-state index >= 15 is 0 Å². The molecule has 10 heteroatoms. The van der Waals surface area contributed by atoms with E-state index in [4.69, 9.17) is 14.2 Å². The zero-order chi connectivity index (χ0) is 18.5. The normalized spacial score (nSPS) is 19.0. The zero-order valence-electron chi connectivity index (χ0n) is 15.7. The molecule has 0 aromatic rings. The first-order valence-electron chi connectivity index (χ1n) is 9.22. The molecule has 0 spiro atoms. The van der Waals surface area contributed by atoms with Gasteiger partial charge in [-0.2, -0.15) is 0 Å². The highest BCUT2D eigenvalue weighted by Crippen LogP contribution is 2.06. The van der Waals surface area contributed by atoms with Crippen LogP contribution in [-0.4, -0.2) is 105 Å². The molecule has 9 nitrogen and oxygen atoms in total. The maximum atomic E-state index is 11.4. The Morgan fingerprint density at radius 1 is 1.08 bits per heavy atom. The van der Waals surface area contributed by atoms with Gasteiger partial charge in [-0.3, -0.25) is 14.1 Å². The van der Waals surface area contributed by atoms with Crippen LogP contribution < -0.4 is 16.3 Å². The van der Waals surface area contributed by atoms with Crippen molar-refractivity contribution in [1.29, 1.82) is 0 Å². The van der Waals surface area contributed by atoms with Crippen LogP contribution in [0.5, 0.6) is 0 Å². The predicted molar refractivity (Wildman–Crippen MR) is 102 cm³/mol. The Bertz CT molecular complexity index is 431.